The molecule has 1 aromatic rings. The molecule has 78 valence electrons. The predicted octanol–water partition coefficient (Wildman–Crippen LogP) is 4.06. The molecular weight excluding hydrogens is 189 g/mol. The molecule has 0 spiro atoms. The second-order valence-electron chi connectivity index (χ2n) is 4.32. The van der Waals surface area contributed by atoms with Crippen LogP contribution in [0.15, 0.2) is 18.2 Å². The number of alkyl halides is 2. The molecule has 0 aromatic heterocycles. The minimum Gasteiger partial charge on any atom is -0.207 e. The van der Waals surface area contributed by atoms with E-state index in [1.165, 1.54) is 12.1 Å². The van der Waals surface area contributed by atoms with Gasteiger partial charge in [0.25, 0.3) is 6.43 Å². The van der Waals surface area contributed by atoms with Gasteiger partial charge in [-0.15, -0.1) is 0 Å². The van der Waals surface area contributed by atoms with Gasteiger partial charge < -0.3 is 0 Å². The van der Waals surface area contributed by atoms with E-state index < -0.39 is 12.2 Å². The zero-order valence-electron chi connectivity index (χ0n) is 8.44. The molecule has 1 aromatic carbocycles. The molecule has 0 N–H and O–H groups in total. The van der Waals surface area contributed by atoms with E-state index in [1.807, 2.05) is 20.8 Å². The monoisotopic (exact) mass is 202 g/mol. The summed E-state index contributed by atoms with van der Waals surface area (Å²) in [5.41, 5.74) is 0.0221. The molecule has 0 nitrogen and oxygen atoms in total. The topological polar surface area (TPSA) is 0 Å². The van der Waals surface area contributed by atoms with Gasteiger partial charge in [-0.05, 0) is 29.2 Å². The molecule has 0 atom stereocenters. The van der Waals surface area contributed by atoms with Gasteiger partial charge >= 0.3 is 0 Å². The van der Waals surface area contributed by atoms with E-state index in [4.69, 9.17) is 0 Å². The van der Waals surface area contributed by atoms with Gasteiger partial charge in [0.05, 0.1) is 0 Å². The maximum atomic E-state index is 13.0. The van der Waals surface area contributed by atoms with Crippen LogP contribution >= 0.6 is 0 Å². The lowest BCUT2D eigenvalue weighted by atomic mass is 9.86. The maximum absolute atomic E-state index is 13.0. The maximum Gasteiger partial charge on any atom is 0.263 e. The Morgan fingerprint density at radius 3 is 2.07 bits per heavy atom. The smallest absolute Gasteiger partial charge is 0.207 e. The summed E-state index contributed by atoms with van der Waals surface area (Å²) < 4.78 is 37.7. The highest BCUT2D eigenvalue weighted by atomic mass is 19.3. The van der Waals surface area contributed by atoms with E-state index in [9.17, 15) is 13.2 Å². The van der Waals surface area contributed by atoms with Crippen molar-refractivity contribution in [2.24, 2.45) is 0 Å². The summed E-state index contributed by atoms with van der Waals surface area (Å²) >= 11 is 0. The molecule has 0 bridgehead atoms. The first-order chi connectivity index (χ1) is 6.30. The molecular formula is C11H13F3. The van der Waals surface area contributed by atoms with Crippen molar-refractivity contribution >= 4 is 0 Å². The summed E-state index contributed by atoms with van der Waals surface area (Å²) in [7, 11) is 0. The molecule has 0 aliphatic heterocycles. The highest BCUT2D eigenvalue weighted by Gasteiger charge is 2.18. The molecule has 14 heavy (non-hydrogen) atoms. The van der Waals surface area contributed by atoms with Crippen molar-refractivity contribution in [3.05, 3.63) is 35.1 Å². The Morgan fingerprint density at radius 1 is 1.07 bits per heavy atom. The Bertz CT molecular complexity index is 324. The number of rotatable bonds is 1. The normalized spacial score (nSPS) is 12.2. The Morgan fingerprint density at radius 2 is 1.64 bits per heavy atom. The van der Waals surface area contributed by atoms with E-state index in [0.29, 0.717) is 5.56 Å². The average molecular weight is 202 g/mol. The Balaban J connectivity index is 3.21. The van der Waals surface area contributed by atoms with Crippen molar-refractivity contribution in [1.29, 1.82) is 0 Å². The Hall–Kier alpha value is -0.990. The molecule has 0 heterocycles. The molecule has 0 aliphatic carbocycles. The Kier molecular flexibility index (Phi) is 2.88. The van der Waals surface area contributed by atoms with Crippen molar-refractivity contribution in [2.45, 2.75) is 32.6 Å². The summed E-state index contributed by atoms with van der Waals surface area (Å²) in [6.45, 7) is 5.57. The lowest BCUT2D eigenvalue weighted by molar-refractivity contribution is 0.150. The van der Waals surface area contributed by atoms with E-state index in [0.717, 1.165) is 6.07 Å². The molecule has 3 heteroatoms. The fourth-order valence-electron chi connectivity index (χ4n) is 1.17. The van der Waals surface area contributed by atoms with E-state index in [-0.39, 0.29) is 11.0 Å². The van der Waals surface area contributed by atoms with E-state index in [1.54, 1.807) is 0 Å². The second-order valence-corrected chi connectivity index (χ2v) is 4.32. The lowest BCUT2D eigenvalue weighted by Gasteiger charge is -2.19. The van der Waals surface area contributed by atoms with E-state index >= 15 is 0 Å². The standard InChI is InChI=1S/C11H13F3/c1-11(2,3)8-4-7(10(13)14)5-9(12)6-8/h4-6,10H,1-3H3. The van der Waals surface area contributed by atoms with Gasteiger partial charge in [-0.3, -0.25) is 0 Å². The summed E-state index contributed by atoms with van der Waals surface area (Å²) in [4.78, 5) is 0. The summed E-state index contributed by atoms with van der Waals surface area (Å²) in [6.07, 6.45) is -2.62. The van der Waals surface area contributed by atoms with Gasteiger partial charge in [-0.1, -0.05) is 20.8 Å². The highest BCUT2D eigenvalue weighted by Crippen LogP contribution is 2.28. The number of hydrogen-bond donors (Lipinski definition) is 0. The van der Waals surface area contributed by atoms with Crippen molar-refractivity contribution in [2.75, 3.05) is 0 Å². The van der Waals surface area contributed by atoms with Gasteiger partial charge in [0.15, 0.2) is 0 Å². The van der Waals surface area contributed by atoms with Gasteiger partial charge in [-0.2, -0.15) is 0 Å². The largest absolute Gasteiger partial charge is 0.263 e. The second kappa shape index (κ2) is 3.64. The summed E-state index contributed by atoms with van der Waals surface area (Å²) in [6, 6.07) is 3.53. The number of hydrogen-bond acceptors (Lipinski definition) is 0. The van der Waals surface area contributed by atoms with Crippen LogP contribution in [-0.4, -0.2) is 0 Å². The third kappa shape index (κ3) is 2.50. The Labute approximate surface area is 81.8 Å². The van der Waals surface area contributed by atoms with Gasteiger partial charge in [0.2, 0.25) is 0 Å². The van der Waals surface area contributed by atoms with Crippen LogP contribution in [0, 0.1) is 5.82 Å². The van der Waals surface area contributed by atoms with Crippen LogP contribution in [0.3, 0.4) is 0 Å². The number of benzene rings is 1. The van der Waals surface area contributed by atoms with Crippen molar-refractivity contribution in [3.63, 3.8) is 0 Å². The van der Waals surface area contributed by atoms with E-state index in [2.05, 4.69) is 0 Å². The molecule has 0 saturated heterocycles. The van der Waals surface area contributed by atoms with Crippen LogP contribution in [0.25, 0.3) is 0 Å². The third-order valence-electron chi connectivity index (χ3n) is 2.04. The first kappa shape index (κ1) is 11.1. The van der Waals surface area contributed by atoms with Crippen LogP contribution in [0.1, 0.15) is 38.3 Å². The van der Waals surface area contributed by atoms with Gasteiger partial charge in [-0.25, -0.2) is 13.2 Å². The molecule has 1 rings (SSSR count). The highest BCUT2D eigenvalue weighted by molar-refractivity contribution is 5.30. The van der Waals surface area contributed by atoms with Crippen LogP contribution in [0.4, 0.5) is 13.2 Å². The van der Waals surface area contributed by atoms with Crippen LogP contribution in [0.5, 0.6) is 0 Å². The first-order valence-corrected chi connectivity index (χ1v) is 4.40. The van der Waals surface area contributed by atoms with Crippen LogP contribution < -0.4 is 0 Å². The molecule has 0 amide bonds. The first-order valence-electron chi connectivity index (χ1n) is 4.40. The SMILES string of the molecule is CC(C)(C)c1cc(F)cc(C(F)F)c1. The molecule has 0 unspecified atom stereocenters. The summed E-state index contributed by atoms with van der Waals surface area (Å²) in [5, 5.41) is 0. The number of halogens is 3. The summed E-state index contributed by atoms with van der Waals surface area (Å²) in [5.74, 6) is -0.604. The third-order valence-corrected chi connectivity index (χ3v) is 2.04. The quantitative estimate of drug-likeness (QED) is 0.644. The fraction of sp³-hybridized carbons (Fsp3) is 0.455. The molecule has 0 saturated carbocycles. The molecule has 0 fully saturated rings. The zero-order valence-corrected chi connectivity index (χ0v) is 8.44. The van der Waals surface area contributed by atoms with Crippen molar-refractivity contribution in [1.82, 2.24) is 0 Å². The average Bonchev–Trinajstić information content (AvgIpc) is 2.01. The predicted molar refractivity (Wildman–Crippen MR) is 50.1 cm³/mol. The van der Waals surface area contributed by atoms with Crippen molar-refractivity contribution < 1.29 is 13.2 Å². The van der Waals surface area contributed by atoms with Crippen molar-refractivity contribution in [3.8, 4) is 0 Å². The molecule has 0 aliphatic rings. The van der Waals surface area contributed by atoms with Crippen LogP contribution in [-0.2, 0) is 5.41 Å². The van der Waals surface area contributed by atoms with Gasteiger partial charge in [0.1, 0.15) is 5.82 Å². The fourth-order valence-corrected chi connectivity index (χ4v) is 1.17. The zero-order chi connectivity index (χ0) is 10.9. The minimum absolute atomic E-state index is 0.255. The minimum atomic E-state index is -2.62. The van der Waals surface area contributed by atoms with Crippen LogP contribution in [0.2, 0.25) is 0 Å². The van der Waals surface area contributed by atoms with Gasteiger partial charge in [0, 0.05) is 5.56 Å². The molecule has 0 radical (unpaired) electrons. The lowest BCUT2D eigenvalue weighted by Crippen LogP contribution is -2.12.